The van der Waals surface area contributed by atoms with E-state index in [0.29, 0.717) is 6.26 Å². The molecule has 0 unspecified atom stereocenters. The van der Waals surface area contributed by atoms with Crippen LogP contribution in [-0.2, 0) is 9.53 Å². The Hall–Kier alpha value is -1.32. The van der Waals surface area contributed by atoms with Gasteiger partial charge in [-0.05, 0) is 0 Å². The van der Waals surface area contributed by atoms with Crippen molar-refractivity contribution in [1.29, 1.82) is 0 Å². The summed E-state index contributed by atoms with van der Waals surface area (Å²) in [7, 11) is 2.72. The van der Waals surface area contributed by atoms with E-state index in [1.165, 1.54) is 20.4 Å². The minimum Gasteiger partial charge on any atom is -0.515 e. The van der Waals surface area contributed by atoms with Gasteiger partial charge in [0.25, 0.3) is 0 Å². The number of carbonyl (C=O) groups is 1. The molecule has 10 heavy (non-hydrogen) atoms. The van der Waals surface area contributed by atoms with Crippen LogP contribution < -0.4 is 0 Å². The molecule has 0 spiro atoms. The van der Waals surface area contributed by atoms with E-state index >= 15 is 0 Å². The molecule has 0 aliphatic heterocycles. The Morgan fingerprint density at radius 2 is 2.30 bits per heavy atom. The van der Waals surface area contributed by atoms with Crippen LogP contribution in [0.5, 0.6) is 0 Å². The second-order valence-corrected chi connectivity index (χ2v) is 1.46. The number of nitrogens with zero attached hydrogens (tertiary/aromatic N) is 1. The van der Waals surface area contributed by atoms with Crippen LogP contribution >= 0.6 is 0 Å². The molecule has 0 atom stereocenters. The molecule has 4 heteroatoms. The molecule has 0 aliphatic rings. The van der Waals surface area contributed by atoms with Crippen molar-refractivity contribution in [3.63, 3.8) is 0 Å². The van der Waals surface area contributed by atoms with Crippen LogP contribution in [0.15, 0.2) is 16.8 Å². The first kappa shape index (κ1) is 8.68. The van der Waals surface area contributed by atoms with Gasteiger partial charge >= 0.3 is 5.97 Å². The minimum atomic E-state index is -0.604. The smallest absolute Gasteiger partial charge is 0.342 e. The van der Waals surface area contributed by atoms with Gasteiger partial charge in [0.15, 0.2) is 0 Å². The maximum atomic E-state index is 10.6. The Balaban J connectivity index is 4.23. The molecule has 0 bridgehead atoms. The third-order valence-corrected chi connectivity index (χ3v) is 0.828. The zero-order valence-corrected chi connectivity index (χ0v) is 5.87. The number of carbonyl (C=O) groups excluding carboxylic acids is 1. The van der Waals surface area contributed by atoms with Crippen molar-refractivity contribution in [2.45, 2.75) is 0 Å². The lowest BCUT2D eigenvalue weighted by Gasteiger charge is -1.94. The van der Waals surface area contributed by atoms with E-state index < -0.39 is 5.97 Å². The molecule has 0 saturated heterocycles. The van der Waals surface area contributed by atoms with E-state index in [-0.39, 0.29) is 5.57 Å². The molecule has 0 aromatic heterocycles. The zero-order valence-electron chi connectivity index (χ0n) is 5.87. The number of rotatable bonds is 2. The third-order valence-electron chi connectivity index (χ3n) is 0.828. The monoisotopic (exact) mass is 143 g/mol. The van der Waals surface area contributed by atoms with Crippen LogP contribution in [0.3, 0.4) is 0 Å². The van der Waals surface area contributed by atoms with Crippen molar-refractivity contribution in [2.24, 2.45) is 4.99 Å². The lowest BCUT2D eigenvalue weighted by molar-refractivity contribution is -0.135. The van der Waals surface area contributed by atoms with Crippen molar-refractivity contribution in [2.75, 3.05) is 14.2 Å². The Labute approximate surface area is 58.8 Å². The molecule has 1 N–H and O–H groups in total. The molecule has 56 valence electrons. The highest BCUT2D eigenvalue weighted by atomic mass is 16.5. The van der Waals surface area contributed by atoms with Gasteiger partial charge in [0.1, 0.15) is 5.57 Å². The van der Waals surface area contributed by atoms with Gasteiger partial charge < -0.3 is 9.84 Å². The van der Waals surface area contributed by atoms with Crippen molar-refractivity contribution in [1.82, 2.24) is 0 Å². The van der Waals surface area contributed by atoms with E-state index in [1.54, 1.807) is 0 Å². The molecule has 4 nitrogen and oxygen atoms in total. The van der Waals surface area contributed by atoms with Crippen LogP contribution in [-0.4, -0.2) is 31.4 Å². The highest BCUT2D eigenvalue weighted by molar-refractivity contribution is 6.09. The first-order valence-electron chi connectivity index (χ1n) is 2.61. The molecular weight excluding hydrogens is 134 g/mol. The van der Waals surface area contributed by atoms with Crippen LogP contribution in [0.2, 0.25) is 0 Å². The maximum Gasteiger partial charge on any atom is 0.342 e. The fraction of sp³-hybridized carbons (Fsp3) is 0.333. The highest BCUT2D eigenvalue weighted by Crippen LogP contribution is 1.90. The Bertz CT molecular complexity index is 172. The standard InChI is InChI=1S/C6H9NO3/c1-7-3-5(4-8)6(9)10-2/h3-4,8H,1-2H3/b5-4-,7-3?. The molecule has 0 aliphatic carbocycles. The van der Waals surface area contributed by atoms with E-state index in [4.69, 9.17) is 5.11 Å². The highest BCUT2D eigenvalue weighted by Gasteiger charge is 2.04. The summed E-state index contributed by atoms with van der Waals surface area (Å²) >= 11 is 0. The molecule has 0 rings (SSSR count). The fourth-order valence-electron chi connectivity index (χ4n) is 0.396. The van der Waals surface area contributed by atoms with E-state index in [0.717, 1.165) is 0 Å². The maximum absolute atomic E-state index is 10.6. The van der Waals surface area contributed by atoms with Crippen LogP contribution in [0.1, 0.15) is 0 Å². The number of ether oxygens (including phenoxy) is 1. The molecule has 0 saturated carbocycles. The predicted octanol–water partition coefficient (Wildman–Crippen LogP) is 0.302. The summed E-state index contributed by atoms with van der Waals surface area (Å²) in [6.45, 7) is 0. The molecule has 0 radical (unpaired) electrons. The second-order valence-electron chi connectivity index (χ2n) is 1.46. The van der Waals surface area contributed by atoms with Gasteiger partial charge in [0, 0.05) is 13.3 Å². The second kappa shape index (κ2) is 4.55. The minimum absolute atomic E-state index is 0.0324. The van der Waals surface area contributed by atoms with Gasteiger partial charge in [0.2, 0.25) is 0 Å². The third kappa shape index (κ3) is 2.30. The van der Waals surface area contributed by atoms with E-state index in [1.807, 2.05) is 0 Å². The number of aliphatic imine (C=N–C) groups is 1. The van der Waals surface area contributed by atoms with Gasteiger partial charge in [0.05, 0.1) is 13.4 Å². The average molecular weight is 143 g/mol. The quantitative estimate of drug-likeness (QED) is 0.262. The molecular formula is C6H9NO3. The van der Waals surface area contributed by atoms with Crippen LogP contribution in [0, 0.1) is 0 Å². The number of methoxy groups -OCH3 is 1. The van der Waals surface area contributed by atoms with Crippen molar-refractivity contribution < 1.29 is 14.6 Å². The Kier molecular flexibility index (Phi) is 3.95. The zero-order chi connectivity index (χ0) is 7.98. The summed E-state index contributed by atoms with van der Waals surface area (Å²) in [5.41, 5.74) is 0.0324. The van der Waals surface area contributed by atoms with Crippen molar-refractivity contribution >= 4 is 12.2 Å². The van der Waals surface area contributed by atoms with Gasteiger partial charge in [-0.25, -0.2) is 4.79 Å². The molecule has 0 heterocycles. The summed E-state index contributed by atoms with van der Waals surface area (Å²) in [6, 6.07) is 0. The summed E-state index contributed by atoms with van der Waals surface area (Å²) in [5, 5.41) is 8.40. The van der Waals surface area contributed by atoms with Crippen LogP contribution in [0.25, 0.3) is 0 Å². The fourth-order valence-corrected chi connectivity index (χ4v) is 0.396. The average Bonchev–Trinajstić information content (AvgIpc) is 1.99. The molecule has 0 aromatic carbocycles. The van der Waals surface area contributed by atoms with Gasteiger partial charge in [-0.1, -0.05) is 0 Å². The number of hydrogen-bond donors (Lipinski definition) is 1. The molecule has 0 fully saturated rings. The largest absolute Gasteiger partial charge is 0.515 e. The summed E-state index contributed by atoms with van der Waals surface area (Å²) in [5.74, 6) is -0.604. The summed E-state index contributed by atoms with van der Waals surface area (Å²) in [4.78, 5) is 14.1. The predicted molar refractivity (Wildman–Crippen MR) is 37.1 cm³/mol. The SMILES string of the molecule is CN=C/C(=C/O)C(=O)OC. The summed E-state index contributed by atoms with van der Waals surface area (Å²) < 4.78 is 4.30. The van der Waals surface area contributed by atoms with Gasteiger partial charge in [-0.2, -0.15) is 0 Å². The first-order valence-corrected chi connectivity index (χ1v) is 2.61. The molecule has 0 amide bonds. The van der Waals surface area contributed by atoms with Gasteiger partial charge in [-0.3, -0.25) is 4.99 Å². The normalized spacial score (nSPS) is 12.0. The van der Waals surface area contributed by atoms with Crippen LogP contribution in [0.4, 0.5) is 0 Å². The Morgan fingerprint density at radius 3 is 2.60 bits per heavy atom. The number of hydrogen-bond acceptors (Lipinski definition) is 4. The number of esters is 1. The molecule has 0 aromatic rings. The van der Waals surface area contributed by atoms with E-state index in [9.17, 15) is 4.79 Å². The van der Waals surface area contributed by atoms with Crippen molar-refractivity contribution in [3.05, 3.63) is 11.8 Å². The van der Waals surface area contributed by atoms with Gasteiger partial charge in [-0.15, -0.1) is 0 Å². The van der Waals surface area contributed by atoms with E-state index in [2.05, 4.69) is 9.73 Å². The number of aliphatic hydroxyl groups excluding tert-OH is 1. The van der Waals surface area contributed by atoms with Crippen molar-refractivity contribution in [3.8, 4) is 0 Å². The topological polar surface area (TPSA) is 58.9 Å². The first-order chi connectivity index (χ1) is 4.76. The number of aliphatic hydroxyl groups is 1. The Morgan fingerprint density at radius 1 is 1.70 bits per heavy atom. The lowest BCUT2D eigenvalue weighted by atomic mass is 10.3. The lowest BCUT2D eigenvalue weighted by Crippen LogP contribution is -2.05. The summed E-state index contributed by atoms with van der Waals surface area (Å²) in [6.07, 6.45) is 1.87.